The van der Waals surface area contributed by atoms with E-state index in [0.29, 0.717) is 0 Å². The molecule has 2 aromatic rings. The highest BCUT2D eigenvalue weighted by Gasteiger charge is 2.27. The number of hydrogen-bond donors (Lipinski definition) is 1. The summed E-state index contributed by atoms with van der Waals surface area (Å²) < 4.78 is 1.94. The van der Waals surface area contributed by atoms with Crippen molar-refractivity contribution in [3.05, 3.63) is 47.5 Å². The van der Waals surface area contributed by atoms with Gasteiger partial charge in [0.2, 0.25) is 5.91 Å². The van der Waals surface area contributed by atoms with Crippen LogP contribution in [0.3, 0.4) is 0 Å². The molecule has 6 nitrogen and oxygen atoms in total. The van der Waals surface area contributed by atoms with Gasteiger partial charge in [-0.1, -0.05) is 24.3 Å². The molecule has 0 spiro atoms. The fourth-order valence-electron chi connectivity index (χ4n) is 3.76. The van der Waals surface area contributed by atoms with E-state index in [0.717, 1.165) is 44.7 Å². The van der Waals surface area contributed by atoms with Gasteiger partial charge in [-0.15, -0.1) is 0 Å². The van der Waals surface area contributed by atoms with Gasteiger partial charge in [-0.05, 0) is 30.9 Å². The molecule has 0 aliphatic carbocycles. The highest BCUT2D eigenvalue weighted by atomic mass is 16.2. The first kappa shape index (κ1) is 15.3. The van der Waals surface area contributed by atoms with E-state index in [2.05, 4.69) is 33.6 Å². The first-order chi connectivity index (χ1) is 11.7. The van der Waals surface area contributed by atoms with Gasteiger partial charge in [0.1, 0.15) is 12.2 Å². The lowest BCUT2D eigenvalue weighted by molar-refractivity contribution is -0.134. The van der Waals surface area contributed by atoms with Crippen LogP contribution in [0.25, 0.3) is 0 Å². The summed E-state index contributed by atoms with van der Waals surface area (Å²) in [6, 6.07) is 8.51. The maximum Gasteiger partial charge on any atom is 0.239 e. The Labute approximate surface area is 141 Å². The molecule has 0 fully saturated rings. The first-order valence-corrected chi connectivity index (χ1v) is 8.69. The third-order valence-electron chi connectivity index (χ3n) is 5.10. The molecule has 126 valence electrons. The summed E-state index contributed by atoms with van der Waals surface area (Å²) in [5, 5.41) is 7.73. The zero-order valence-electron chi connectivity index (χ0n) is 14.0. The Morgan fingerprint density at radius 3 is 3.00 bits per heavy atom. The second-order valence-electron chi connectivity index (χ2n) is 6.76. The Balaban J connectivity index is 1.37. The van der Waals surface area contributed by atoms with E-state index in [-0.39, 0.29) is 18.0 Å². The number of rotatable bonds is 3. The predicted octanol–water partition coefficient (Wildman–Crippen LogP) is 1.16. The van der Waals surface area contributed by atoms with E-state index in [4.69, 9.17) is 0 Å². The molecule has 1 N–H and O–H groups in total. The van der Waals surface area contributed by atoms with Gasteiger partial charge in [0.15, 0.2) is 0 Å². The van der Waals surface area contributed by atoms with Gasteiger partial charge in [-0.3, -0.25) is 4.79 Å². The van der Waals surface area contributed by atoms with Crippen LogP contribution in [-0.4, -0.2) is 44.2 Å². The van der Waals surface area contributed by atoms with Gasteiger partial charge >= 0.3 is 0 Å². The number of amides is 1. The zero-order chi connectivity index (χ0) is 16.5. The van der Waals surface area contributed by atoms with Gasteiger partial charge < -0.3 is 10.2 Å². The molecule has 1 amide bonds. The molecular formula is C18H23N5O. The molecule has 24 heavy (non-hydrogen) atoms. The Hall–Kier alpha value is -2.21. The van der Waals surface area contributed by atoms with Crippen LogP contribution in [-0.2, 0) is 30.7 Å². The van der Waals surface area contributed by atoms with E-state index >= 15 is 0 Å². The van der Waals surface area contributed by atoms with Crippen molar-refractivity contribution in [2.75, 3.05) is 6.54 Å². The van der Waals surface area contributed by atoms with E-state index in [9.17, 15) is 4.79 Å². The van der Waals surface area contributed by atoms with Gasteiger partial charge in [-0.2, -0.15) is 5.10 Å². The van der Waals surface area contributed by atoms with Crippen molar-refractivity contribution in [1.29, 1.82) is 0 Å². The predicted molar refractivity (Wildman–Crippen MR) is 90.3 cm³/mol. The largest absolute Gasteiger partial charge is 0.337 e. The number of fused-ring (bicyclic) bond motifs is 2. The fourth-order valence-corrected chi connectivity index (χ4v) is 3.76. The maximum absolute atomic E-state index is 12.8. The molecular weight excluding hydrogens is 302 g/mol. The molecule has 0 radical (unpaired) electrons. The molecule has 2 aliphatic heterocycles. The smallest absolute Gasteiger partial charge is 0.239 e. The van der Waals surface area contributed by atoms with Crippen molar-refractivity contribution in [2.45, 2.75) is 51.4 Å². The van der Waals surface area contributed by atoms with Gasteiger partial charge in [0.25, 0.3) is 0 Å². The van der Waals surface area contributed by atoms with E-state index in [1.807, 2.05) is 22.6 Å². The molecule has 2 aliphatic rings. The summed E-state index contributed by atoms with van der Waals surface area (Å²) in [7, 11) is 0. The van der Waals surface area contributed by atoms with Crippen LogP contribution in [0.1, 0.15) is 30.3 Å². The Morgan fingerprint density at radius 1 is 1.29 bits per heavy atom. The lowest BCUT2D eigenvalue weighted by atomic mass is 9.99. The lowest BCUT2D eigenvalue weighted by Crippen LogP contribution is -2.51. The third kappa shape index (κ3) is 2.94. The zero-order valence-corrected chi connectivity index (χ0v) is 14.0. The van der Waals surface area contributed by atoms with Crippen molar-refractivity contribution in [3.8, 4) is 0 Å². The van der Waals surface area contributed by atoms with Crippen LogP contribution in [0.5, 0.6) is 0 Å². The molecule has 3 heterocycles. The summed E-state index contributed by atoms with van der Waals surface area (Å²) in [6.45, 7) is 4.29. The van der Waals surface area contributed by atoms with E-state index in [1.54, 1.807) is 6.33 Å². The van der Waals surface area contributed by atoms with Crippen molar-refractivity contribution in [1.82, 2.24) is 25.0 Å². The Morgan fingerprint density at radius 2 is 2.12 bits per heavy atom. The van der Waals surface area contributed by atoms with Gasteiger partial charge in [0.05, 0.1) is 12.6 Å². The highest BCUT2D eigenvalue weighted by Crippen LogP contribution is 2.19. The minimum absolute atomic E-state index is 0.176. The molecule has 1 aromatic heterocycles. The van der Waals surface area contributed by atoms with Crippen LogP contribution >= 0.6 is 0 Å². The Kier molecular flexibility index (Phi) is 4.06. The topological polar surface area (TPSA) is 63.1 Å². The van der Waals surface area contributed by atoms with Crippen molar-refractivity contribution in [3.63, 3.8) is 0 Å². The molecule has 1 aromatic carbocycles. The van der Waals surface area contributed by atoms with Crippen LogP contribution in [0.15, 0.2) is 30.6 Å². The molecule has 2 atom stereocenters. The monoisotopic (exact) mass is 325 g/mol. The molecule has 0 unspecified atom stereocenters. The molecule has 6 heteroatoms. The number of aromatic nitrogens is 3. The highest BCUT2D eigenvalue weighted by molar-refractivity contribution is 5.81. The van der Waals surface area contributed by atoms with Crippen LogP contribution in [0.4, 0.5) is 0 Å². The summed E-state index contributed by atoms with van der Waals surface area (Å²) in [6.07, 6.45) is 4.46. The average molecular weight is 325 g/mol. The summed E-state index contributed by atoms with van der Waals surface area (Å²) in [5.41, 5.74) is 2.64. The number of aryl methyl sites for hydroxylation is 1. The summed E-state index contributed by atoms with van der Waals surface area (Å²) >= 11 is 0. The molecule has 0 saturated carbocycles. The van der Waals surface area contributed by atoms with Crippen LogP contribution < -0.4 is 5.32 Å². The first-order valence-electron chi connectivity index (χ1n) is 8.69. The minimum atomic E-state index is -0.176. The van der Waals surface area contributed by atoms with E-state index in [1.165, 1.54) is 11.1 Å². The second-order valence-corrected chi connectivity index (χ2v) is 6.76. The number of carbonyl (C=O) groups is 1. The van der Waals surface area contributed by atoms with Gasteiger partial charge in [0, 0.05) is 25.6 Å². The second kappa shape index (κ2) is 6.36. The van der Waals surface area contributed by atoms with Crippen molar-refractivity contribution in [2.24, 2.45) is 0 Å². The number of carbonyl (C=O) groups excluding carboxylic acids is 1. The minimum Gasteiger partial charge on any atom is -0.337 e. The normalized spacial score (nSPS) is 21.0. The molecule has 4 rings (SSSR count). The van der Waals surface area contributed by atoms with Crippen LogP contribution in [0, 0.1) is 0 Å². The fraction of sp³-hybridized carbons (Fsp3) is 0.500. The lowest BCUT2D eigenvalue weighted by Gasteiger charge is -2.33. The van der Waals surface area contributed by atoms with Gasteiger partial charge in [-0.25, -0.2) is 9.67 Å². The Bertz CT molecular complexity index is 741. The average Bonchev–Trinajstić information content (AvgIpc) is 3.08. The SMILES string of the molecule is C[C@H](N[C@@H]1CCc2ncnn2C1)C(=O)N1CCc2ccccc2C1. The molecule has 0 saturated heterocycles. The third-order valence-corrected chi connectivity index (χ3v) is 5.10. The van der Waals surface area contributed by atoms with Crippen molar-refractivity contribution >= 4 is 5.91 Å². The number of nitrogens with one attached hydrogen (secondary N) is 1. The standard InChI is InChI=1S/C18H23N5O/c1-13(21-16-6-7-17-19-12-20-23(17)11-16)18(24)22-9-8-14-4-2-3-5-15(14)10-22/h2-5,12-13,16,21H,6-11H2,1H3/t13-,16+/m0/s1. The molecule has 0 bridgehead atoms. The summed E-state index contributed by atoms with van der Waals surface area (Å²) in [4.78, 5) is 19.0. The quantitative estimate of drug-likeness (QED) is 0.920. The van der Waals surface area contributed by atoms with Crippen LogP contribution in [0.2, 0.25) is 0 Å². The van der Waals surface area contributed by atoms with Crippen molar-refractivity contribution < 1.29 is 4.79 Å². The number of benzene rings is 1. The van der Waals surface area contributed by atoms with E-state index < -0.39 is 0 Å². The number of hydrogen-bond acceptors (Lipinski definition) is 4. The maximum atomic E-state index is 12.8. The summed E-state index contributed by atoms with van der Waals surface area (Å²) in [5.74, 6) is 1.23. The number of nitrogens with zero attached hydrogens (tertiary/aromatic N) is 4.